The molecule has 21 heavy (non-hydrogen) atoms. The van der Waals surface area contributed by atoms with Gasteiger partial charge in [-0.25, -0.2) is 14.6 Å². The number of hydrogen-bond donors (Lipinski definition) is 2. The Morgan fingerprint density at radius 3 is 2.67 bits per heavy atom. The molecular formula is C11H11F2N3O4S. The van der Waals surface area contributed by atoms with Gasteiger partial charge >= 0.3 is 12.0 Å². The number of carbonyl (C=O) groups is 3. The van der Waals surface area contributed by atoms with Gasteiger partial charge < -0.3 is 10.5 Å². The largest absolute Gasteiger partial charge is 0.449 e. The van der Waals surface area contributed by atoms with Crippen molar-refractivity contribution in [2.24, 2.45) is 5.73 Å². The maximum atomic E-state index is 12.4. The quantitative estimate of drug-likeness (QED) is 0.622. The number of urea groups is 1. The molecule has 10 heteroatoms. The molecule has 0 saturated carbocycles. The zero-order chi connectivity index (χ0) is 16.0. The Morgan fingerprint density at radius 1 is 1.43 bits per heavy atom. The van der Waals surface area contributed by atoms with Crippen LogP contribution >= 0.6 is 11.8 Å². The molecule has 1 rings (SSSR count). The lowest BCUT2D eigenvalue weighted by molar-refractivity contribution is -0.127. The number of carbonyl (C=O) groups excluding carboxylic acids is 3. The Morgan fingerprint density at radius 2 is 2.10 bits per heavy atom. The van der Waals surface area contributed by atoms with E-state index >= 15 is 0 Å². The van der Waals surface area contributed by atoms with Gasteiger partial charge in [0.15, 0.2) is 6.10 Å². The fourth-order valence-electron chi connectivity index (χ4n) is 1.23. The lowest BCUT2D eigenvalue weighted by Crippen LogP contribution is -2.42. The number of nitrogens with zero attached hydrogens (tertiary/aromatic N) is 1. The summed E-state index contributed by atoms with van der Waals surface area (Å²) in [7, 11) is 0. The molecule has 7 nitrogen and oxygen atoms in total. The molecule has 0 radical (unpaired) electrons. The predicted octanol–water partition coefficient (Wildman–Crippen LogP) is 1.14. The molecule has 0 aromatic carbocycles. The first-order chi connectivity index (χ1) is 9.81. The van der Waals surface area contributed by atoms with Gasteiger partial charge in [0.05, 0.1) is 5.56 Å². The van der Waals surface area contributed by atoms with Crippen LogP contribution in [-0.2, 0) is 9.53 Å². The van der Waals surface area contributed by atoms with Gasteiger partial charge in [0, 0.05) is 6.20 Å². The van der Waals surface area contributed by atoms with Crippen LogP contribution in [0.4, 0.5) is 13.6 Å². The number of esters is 1. The molecule has 1 atom stereocenters. The Labute approximate surface area is 122 Å². The molecule has 0 aliphatic carbocycles. The lowest BCUT2D eigenvalue weighted by Gasteiger charge is -2.13. The second kappa shape index (κ2) is 7.53. The van der Waals surface area contributed by atoms with Crippen molar-refractivity contribution in [3.8, 4) is 0 Å². The number of nitrogens with two attached hydrogens (primary N) is 1. The van der Waals surface area contributed by atoms with Crippen molar-refractivity contribution < 1.29 is 27.9 Å². The van der Waals surface area contributed by atoms with Gasteiger partial charge in [-0.05, 0) is 30.8 Å². The highest BCUT2D eigenvalue weighted by Gasteiger charge is 2.23. The summed E-state index contributed by atoms with van der Waals surface area (Å²) < 4.78 is 29.5. The minimum absolute atomic E-state index is 0.0796. The van der Waals surface area contributed by atoms with E-state index < -0.39 is 29.8 Å². The zero-order valence-corrected chi connectivity index (χ0v) is 11.5. The fourth-order valence-corrected chi connectivity index (χ4v) is 1.79. The summed E-state index contributed by atoms with van der Waals surface area (Å²) >= 11 is 0.0796. The molecule has 0 fully saturated rings. The van der Waals surface area contributed by atoms with Crippen molar-refractivity contribution in [2.45, 2.75) is 23.8 Å². The Hall–Kier alpha value is -2.23. The minimum Gasteiger partial charge on any atom is -0.449 e. The van der Waals surface area contributed by atoms with Crippen LogP contribution in [0.5, 0.6) is 0 Å². The van der Waals surface area contributed by atoms with E-state index in [0.717, 1.165) is 0 Å². The monoisotopic (exact) mass is 319 g/mol. The van der Waals surface area contributed by atoms with E-state index in [2.05, 4.69) is 4.98 Å². The summed E-state index contributed by atoms with van der Waals surface area (Å²) in [4.78, 5) is 37.3. The number of pyridine rings is 1. The number of ether oxygens (including phenoxy) is 1. The first kappa shape index (κ1) is 16.8. The molecule has 1 aromatic rings. The maximum absolute atomic E-state index is 12.4. The van der Waals surface area contributed by atoms with Gasteiger partial charge in [-0.2, -0.15) is 8.78 Å². The van der Waals surface area contributed by atoms with E-state index in [-0.39, 0.29) is 22.4 Å². The summed E-state index contributed by atoms with van der Waals surface area (Å²) in [5, 5.41) is 1.51. The van der Waals surface area contributed by atoms with E-state index in [4.69, 9.17) is 10.5 Å². The minimum atomic E-state index is -2.76. The summed E-state index contributed by atoms with van der Waals surface area (Å²) in [6.07, 6.45) is -0.0836. The fraction of sp³-hybridized carbons (Fsp3) is 0.273. The molecule has 0 aliphatic rings. The number of halogens is 2. The normalized spacial score (nSPS) is 11.8. The Bertz CT molecular complexity index is 556. The van der Waals surface area contributed by atoms with E-state index in [1.54, 1.807) is 5.32 Å². The van der Waals surface area contributed by atoms with Crippen LogP contribution in [0.3, 0.4) is 0 Å². The average molecular weight is 319 g/mol. The number of rotatable bonds is 5. The van der Waals surface area contributed by atoms with Crippen LogP contribution in [0.1, 0.15) is 17.3 Å². The molecule has 0 aliphatic heterocycles. The number of aromatic nitrogens is 1. The number of nitrogens with one attached hydrogen (secondary N) is 1. The van der Waals surface area contributed by atoms with Crippen LogP contribution in [0.2, 0.25) is 0 Å². The van der Waals surface area contributed by atoms with Crippen molar-refractivity contribution in [3.63, 3.8) is 0 Å². The SMILES string of the molecule is C[C@H](OC(=O)c1cccnc1SC(F)F)C(=O)NC(N)=O. The van der Waals surface area contributed by atoms with Crippen LogP contribution < -0.4 is 11.1 Å². The van der Waals surface area contributed by atoms with E-state index in [9.17, 15) is 23.2 Å². The predicted molar refractivity (Wildman–Crippen MR) is 68.7 cm³/mol. The highest BCUT2D eigenvalue weighted by molar-refractivity contribution is 7.99. The van der Waals surface area contributed by atoms with Crippen molar-refractivity contribution in [2.75, 3.05) is 0 Å². The summed E-state index contributed by atoms with van der Waals surface area (Å²) in [5.41, 5.74) is 4.54. The smallest absolute Gasteiger partial charge is 0.341 e. The maximum Gasteiger partial charge on any atom is 0.341 e. The highest BCUT2D eigenvalue weighted by Crippen LogP contribution is 2.26. The molecule has 0 spiro atoms. The number of thioether (sulfide) groups is 1. The molecule has 0 bridgehead atoms. The third kappa shape index (κ3) is 5.34. The Kier molecular flexibility index (Phi) is 6.03. The van der Waals surface area contributed by atoms with E-state index in [1.807, 2.05) is 0 Å². The molecule has 3 N–H and O–H groups in total. The number of primary amides is 1. The molecule has 1 heterocycles. The third-order valence-corrected chi connectivity index (χ3v) is 2.82. The van der Waals surface area contributed by atoms with Gasteiger partial charge in [-0.3, -0.25) is 10.1 Å². The van der Waals surface area contributed by atoms with Crippen LogP contribution in [-0.4, -0.2) is 34.8 Å². The standard InChI is InChI=1S/C11H11F2N3O4S/c1-5(7(17)16-11(14)19)20-9(18)6-3-2-4-15-8(6)21-10(12)13/h2-5,10H,1H3,(H3,14,16,17,19)/t5-/m0/s1. The van der Waals surface area contributed by atoms with Crippen LogP contribution in [0.15, 0.2) is 23.4 Å². The second-order valence-corrected chi connectivity index (χ2v) is 4.61. The molecule has 0 unspecified atom stereocenters. The average Bonchev–Trinajstić information content (AvgIpc) is 2.37. The van der Waals surface area contributed by atoms with Gasteiger partial charge in [0.2, 0.25) is 0 Å². The van der Waals surface area contributed by atoms with Crippen molar-refractivity contribution in [1.82, 2.24) is 10.3 Å². The zero-order valence-electron chi connectivity index (χ0n) is 10.7. The number of amides is 3. The van der Waals surface area contributed by atoms with Crippen molar-refractivity contribution in [3.05, 3.63) is 23.9 Å². The van der Waals surface area contributed by atoms with Gasteiger partial charge in [-0.15, -0.1) is 0 Å². The summed E-state index contributed by atoms with van der Waals surface area (Å²) in [6, 6.07) is 1.50. The number of imide groups is 1. The first-order valence-corrected chi connectivity index (χ1v) is 6.40. The lowest BCUT2D eigenvalue weighted by atomic mass is 10.3. The number of hydrogen-bond acceptors (Lipinski definition) is 6. The van der Waals surface area contributed by atoms with Crippen molar-refractivity contribution >= 4 is 29.7 Å². The summed E-state index contributed by atoms with van der Waals surface area (Å²) in [5.74, 6) is -4.71. The second-order valence-electron chi connectivity index (χ2n) is 3.64. The molecular weight excluding hydrogens is 308 g/mol. The van der Waals surface area contributed by atoms with E-state index in [0.29, 0.717) is 0 Å². The van der Waals surface area contributed by atoms with Gasteiger partial charge in [0.25, 0.3) is 11.7 Å². The Balaban J connectivity index is 2.80. The molecule has 3 amide bonds. The van der Waals surface area contributed by atoms with Gasteiger partial charge in [-0.1, -0.05) is 0 Å². The van der Waals surface area contributed by atoms with E-state index in [1.165, 1.54) is 25.3 Å². The first-order valence-electron chi connectivity index (χ1n) is 5.52. The van der Waals surface area contributed by atoms with Gasteiger partial charge in [0.1, 0.15) is 5.03 Å². The third-order valence-electron chi connectivity index (χ3n) is 2.09. The number of alkyl halides is 2. The molecule has 0 saturated heterocycles. The van der Waals surface area contributed by atoms with Crippen molar-refractivity contribution in [1.29, 1.82) is 0 Å². The summed E-state index contributed by atoms with van der Waals surface area (Å²) in [6.45, 7) is 1.20. The topological polar surface area (TPSA) is 111 Å². The van der Waals surface area contributed by atoms with Crippen LogP contribution in [0, 0.1) is 0 Å². The molecule has 1 aromatic heterocycles. The highest BCUT2D eigenvalue weighted by atomic mass is 32.2. The molecule has 114 valence electrons. The van der Waals surface area contributed by atoms with Crippen LogP contribution in [0.25, 0.3) is 0 Å².